The molecule has 5 heteroatoms. The molecule has 4 nitrogen and oxygen atoms in total. The zero-order valence-corrected chi connectivity index (χ0v) is 10.7. The summed E-state index contributed by atoms with van der Waals surface area (Å²) in [5.41, 5.74) is 0.197. The fourth-order valence-electron chi connectivity index (χ4n) is 1.88. The second-order valence-electron chi connectivity index (χ2n) is 4.58. The lowest BCUT2D eigenvalue weighted by Crippen LogP contribution is -2.23. The van der Waals surface area contributed by atoms with Crippen molar-refractivity contribution in [1.29, 1.82) is 0 Å². The lowest BCUT2D eigenvalue weighted by atomic mass is 10.1. The number of benzene rings is 1. The Labute approximate surface area is 110 Å². The van der Waals surface area contributed by atoms with Crippen molar-refractivity contribution in [3.63, 3.8) is 0 Å². The molecule has 1 saturated carbocycles. The predicted octanol–water partition coefficient (Wildman–Crippen LogP) is 3.02. The number of para-hydroxylation sites is 1. The predicted molar refractivity (Wildman–Crippen MR) is 68.9 cm³/mol. The van der Waals surface area contributed by atoms with E-state index in [1.54, 1.807) is 12.1 Å². The Morgan fingerprint density at radius 1 is 1.44 bits per heavy atom. The van der Waals surface area contributed by atoms with E-state index in [2.05, 4.69) is 5.32 Å². The largest absolute Gasteiger partial charge is 0.478 e. The van der Waals surface area contributed by atoms with Gasteiger partial charge in [0, 0.05) is 5.92 Å². The molecule has 0 aliphatic heterocycles. The highest BCUT2D eigenvalue weighted by Gasteiger charge is 2.33. The number of amides is 1. The van der Waals surface area contributed by atoms with Gasteiger partial charge in [-0.05, 0) is 30.9 Å². The smallest absolute Gasteiger partial charge is 0.337 e. The summed E-state index contributed by atoms with van der Waals surface area (Å²) in [5.74, 6) is -0.969. The normalized spacial score (nSPS) is 16.1. The average Bonchev–Trinajstić information content (AvgIpc) is 3.14. The molecule has 1 amide bonds. The molecule has 0 bridgehead atoms. The van der Waals surface area contributed by atoms with Crippen LogP contribution in [0.3, 0.4) is 0 Å². The molecule has 1 aromatic rings. The van der Waals surface area contributed by atoms with Gasteiger partial charge < -0.3 is 10.4 Å². The van der Waals surface area contributed by atoms with Gasteiger partial charge in [-0.2, -0.15) is 0 Å². The summed E-state index contributed by atoms with van der Waals surface area (Å²) < 4.78 is 0. The number of halogens is 1. The summed E-state index contributed by atoms with van der Waals surface area (Å²) in [4.78, 5) is 23.0. The molecule has 1 atom stereocenters. The number of carboxylic acid groups (broad SMARTS) is 1. The monoisotopic (exact) mass is 267 g/mol. The van der Waals surface area contributed by atoms with E-state index in [0.29, 0.717) is 5.92 Å². The Morgan fingerprint density at radius 3 is 2.67 bits per heavy atom. The molecule has 2 rings (SSSR count). The number of nitrogens with one attached hydrogen (secondary N) is 1. The van der Waals surface area contributed by atoms with Crippen LogP contribution in [0, 0.1) is 11.8 Å². The van der Waals surface area contributed by atoms with Crippen LogP contribution in [0.5, 0.6) is 0 Å². The zero-order chi connectivity index (χ0) is 13.3. The number of hydrogen-bond donors (Lipinski definition) is 2. The number of aromatic carboxylic acids is 1. The minimum atomic E-state index is -1.10. The number of hydrogen-bond acceptors (Lipinski definition) is 2. The molecular weight excluding hydrogens is 254 g/mol. The molecule has 0 saturated heterocycles. The Hall–Kier alpha value is -1.55. The van der Waals surface area contributed by atoms with Gasteiger partial charge in [-0.3, -0.25) is 4.79 Å². The van der Waals surface area contributed by atoms with Gasteiger partial charge in [0.05, 0.1) is 16.3 Å². The maximum Gasteiger partial charge on any atom is 0.337 e. The third-order valence-electron chi connectivity index (χ3n) is 3.23. The van der Waals surface area contributed by atoms with Crippen molar-refractivity contribution >= 4 is 29.2 Å². The standard InChI is InChI=1S/C13H14ClNO3/c1-7(8-5-6-8)12(16)15-11-9(13(17)18)3-2-4-10(11)14/h2-4,7-8H,5-6H2,1H3,(H,15,16)(H,17,18). The molecule has 1 aliphatic rings. The first-order chi connectivity index (χ1) is 8.50. The van der Waals surface area contributed by atoms with E-state index < -0.39 is 5.97 Å². The van der Waals surface area contributed by atoms with Crippen LogP contribution in [0.25, 0.3) is 0 Å². The second-order valence-corrected chi connectivity index (χ2v) is 4.99. The molecule has 0 spiro atoms. The minimum Gasteiger partial charge on any atom is -0.478 e. The minimum absolute atomic E-state index is 0.0128. The van der Waals surface area contributed by atoms with Gasteiger partial charge in [-0.15, -0.1) is 0 Å². The van der Waals surface area contributed by atoms with Crippen LogP contribution < -0.4 is 5.32 Å². The number of carbonyl (C=O) groups is 2. The van der Waals surface area contributed by atoms with Gasteiger partial charge in [-0.1, -0.05) is 24.6 Å². The van der Waals surface area contributed by atoms with E-state index in [4.69, 9.17) is 16.7 Å². The highest BCUT2D eigenvalue weighted by Crippen LogP contribution is 2.37. The number of carbonyl (C=O) groups excluding carboxylic acids is 1. The van der Waals surface area contributed by atoms with E-state index in [-0.39, 0.29) is 28.1 Å². The Morgan fingerprint density at radius 2 is 2.11 bits per heavy atom. The van der Waals surface area contributed by atoms with Crippen LogP contribution in [0.15, 0.2) is 18.2 Å². The first kappa shape index (κ1) is 12.9. The Bertz CT molecular complexity index is 497. The maximum absolute atomic E-state index is 12.0. The second kappa shape index (κ2) is 4.98. The summed E-state index contributed by atoms with van der Waals surface area (Å²) in [5, 5.41) is 11.9. The maximum atomic E-state index is 12.0. The van der Waals surface area contributed by atoms with Crippen LogP contribution in [-0.2, 0) is 4.79 Å². The molecule has 2 N–H and O–H groups in total. The first-order valence-electron chi connectivity index (χ1n) is 5.83. The van der Waals surface area contributed by atoms with Gasteiger partial charge in [0.1, 0.15) is 0 Å². The van der Waals surface area contributed by atoms with Crippen LogP contribution in [0.1, 0.15) is 30.1 Å². The summed E-state index contributed by atoms with van der Waals surface area (Å²) in [6, 6.07) is 4.53. The van der Waals surface area contributed by atoms with E-state index in [1.807, 2.05) is 6.92 Å². The van der Waals surface area contributed by atoms with Crippen LogP contribution >= 0.6 is 11.6 Å². The summed E-state index contributed by atoms with van der Waals surface area (Å²) in [6.45, 7) is 1.85. The van der Waals surface area contributed by atoms with Crippen molar-refractivity contribution in [1.82, 2.24) is 0 Å². The highest BCUT2D eigenvalue weighted by atomic mass is 35.5. The highest BCUT2D eigenvalue weighted by molar-refractivity contribution is 6.34. The van der Waals surface area contributed by atoms with Gasteiger partial charge in [0.25, 0.3) is 0 Å². The van der Waals surface area contributed by atoms with Crippen molar-refractivity contribution in [3.8, 4) is 0 Å². The fourth-order valence-corrected chi connectivity index (χ4v) is 2.10. The quantitative estimate of drug-likeness (QED) is 0.881. The van der Waals surface area contributed by atoms with Crippen molar-refractivity contribution in [2.24, 2.45) is 11.8 Å². The van der Waals surface area contributed by atoms with E-state index in [0.717, 1.165) is 12.8 Å². The van der Waals surface area contributed by atoms with Crippen molar-refractivity contribution < 1.29 is 14.7 Å². The number of anilines is 1. The molecule has 1 unspecified atom stereocenters. The van der Waals surface area contributed by atoms with Gasteiger partial charge in [-0.25, -0.2) is 4.79 Å². The Balaban J connectivity index is 2.22. The topological polar surface area (TPSA) is 66.4 Å². The number of carboxylic acids is 1. The molecule has 1 aliphatic carbocycles. The zero-order valence-electron chi connectivity index (χ0n) is 9.94. The molecule has 0 heterocycles. The van der Waals surface area contributed by atoms with Gasteiger partial charge in [0.2, 0.25) is 5.91 Å². The molecular formula is C13H14ClNO3. The van der Waals surface area contributed by atoms with E-state index in [9.17, 15) is 9.59 Å². The summed E-state index contributed by atoms with van der Waals surface area (Å²) >= 11 is 5.94. The SMILES string of the molecule is CC(C(=O)Nc1c(Cl)cccc1C(=O)O)C1CC1. The van der Waals surface area contributed by atoms with Crippen LogP contribution in [0.2, 0.25) is 5.02 Å². The van der Waals surface area contributed by atoms with Crippen LogP contribution in [0.4, 0.5) is 5.69 Å². The van der Waals surface area contributed by atoms with Crippen molar-refractivity contribution in [2.45, 2.75) is 19.8 Å². The third-order valence-corrected chi connectivity index (χ3v) is 3.55. The average molecular weight is 268 g/mol. The van der Waals surface area contributed by atoms with Gasteiger partial charge >= 0.3 is 5.97 Å². The summed E-state index contributed by atoms with van der Waals surface area (Å²) in [6.07, 6.45) is 2.12. The molecule has 1 aromatic carbocycles. The molecule has 18 heavy (non-hydrogen) atoms. The van der Waals surface area contributed by atoms with Gasteiger partial charge in [0.15, 0.2) is 0 Å². The number of rotatable bonds is 4. The fraction of sp³-hybridized carbons (Fsp3) is 0.385. The summed E-state index contributed by atoms with van der Waals surface area (Å²) in [7, 11) is 0. The first-order valence-corrected chi connectivity index (χ1v) is 6.21. The third kappa shape index (κ3) is 2.64. The van der Waals surface area contributed by atoms with Crippen LogP contribution in [-0.4, -0.2) is 17.0 Å². The molecule has 96 valence electrons. The van der Waals surface area contributed by atoms with E-state index >= 15 is 0 Å². The lowest BCUT2D eigenvalue weighted by Gasteiger charge is -2.14. The Kier molecular flexibility index (Phi) is 3.57. The molecule has 0 aromatic heterocycles. The lowest BCUT2D eigenvalue weighted by molar-refractivity contribution is -0.119. The van der Waals surface area contributed by atoms with Crippen molar-refractivity contribution in [2.75, 3.05) is 5.32 Å². The van der Waals surface area contributed by atoms with Crippen molar-refractivity contribution in [3.05, 3.63) is 28.8 Å². The van der Waals surface area contributed by atoms with E-state index in [1.165, 1.54) is 6.07 Å². The molecule has 1 fully saturated rings. The molecule has 0 radical (unpaired) electrons.